The van der Waals surface area contributed by atoms with Crippen molar-refractivity contribution in [1.29, 1.82) is 0 Å². The number of rotatable bonds is 5. The van der Waals surface area contributed by atoms with E-state index in [1.165, 1.54) is 18.7 Å². The molecule has 1 aliphatic heterocycles. The number of carbonyl (C=O) groups excluding carboxylic acids is 1. The standard InChI is InChI=1S/C22H27N5O/c1-2-12-27-13-10-16(11-14-27)21-19-15-18(8-9-20(19)25-26-21)24-22(28)23-17-6-4-3-5-7-17/h3-9,15-16H,2,10-14H2,1H3,(H,25,26)(H2,23,24,28). The molecule has 0 unspecified atom stereocenters. The zero-order chi connectivity index (χ0) is 19.3. The molecule has 1 fully saturated rings. The number of hydrogen-bond acceptors (Lipinski definition) is 3. The van der Waals surface area contributed by atoms with Gasteiger partial charge in [-0.3, -0.25) is 5.10 Å². The van der Waals surface area contributed by atoms with E-state index < -0.39 is 0 Å². The van der Waals surface area contributed by atoms with Crippen LogP contribution in [-0.2, 0) is 0 Å². The predicted molar refractivity (Wildman–Crippen MR) is 114 cm³/mol. The van der Waals surface area contributed by atoms with Crippen LogP contribution in [0, 0.1) is 0 Å². The van der Waals surface area contributed by atoms with E-state index in [2.05, 4.69) is 32.7 Å². The van der Waals surface area contributed by atoms with Crippen LogP contribution >= 0.6 is 0 Å². The van der Waals surface area contributed by atoms with Gasteiger partial charge in [0.1, 0.15) is 0 Å². The number of carbonyl (C=O) groups is 1. The first-order valence-corrected chi connectivity index (χ1v) is 10.1. The van der Waals surface area contributed by atoms with Gasteiger partial charge in [-0.1, -0.05) is 25.1 Å². The van der Waals surface area contributed by atoms with Crippen LogP contribution in [0.1, 0.15) is 37.8 Å². The summed E-state index contributed by atoms with van der Waals surface area (Å²) in [7, 11) is 0. The van der Waals surface area contributed by atoms with Crippen molar-refractivity contribution in [3.8, 4) is 0 Å². The lowest BCUT2D eigenvalue weighted by molar-refractivity contribution is 0.211. The number of piperidine rings is 1. The van der Waals surface area contributed by atoms with Crippen molar-refractivity contribution in [2.24, 2.45) is 0 Å². The highest BCUT2D eigenvalue weighted by atomic mass is 16.2. The van der Waals surface area contributed by atoms with Gasteiger partial charge in [0.2, 0.25) is 0 Å². The van der Waals surface area contributed by atoms with E-state index in [0.29, 0.717) is 5.92 Å². The highest BCUT2D eigenvalue weighted by Crippen LogP contribution is 2.32. The molecule has 4 rings (SSSR count). The minimum Gasteiger partial charge on any atom is -0.308 e. The molecule has 0 spiro atoms. The Labute approximate surface area is 165 Å². The Morgan fingerprint density at radius 3 is 2.61 bits per heavy atom. The van der Waals surface area contributed by atoms with Gasteiger partial charge in [-0.15, -0.1) is 0 Å². The number of fused-ring (bicyclic) bond motifs is 1. The number of H-pyrrole nitrogens is 1. The molecule has 146 valence electrons. The van der Waals surface area contributed by atoms with Gasteiger partial charge in [0, 0.05) is 28.4 Å². The molecule has 1 saturated heterocycles. The average molecular weight is 377 g/mol. The summed E-state index contributed by atoms with van der Waals surface area (Å²) in [5.41, 5.74) is 3.68. The molecule has 6 nitrogen and oxygen atoms in total. The number of aromatic nitrogens is 2. The zero-order valence-electron chi connectivity index (χ0n) is 16.2. The molecular weight excluding hydrogens is 350 g/mol. The number of benzene rings is 2. The second-order valence-electron chi connectivity index (χ2n) is 7.43. The average Bonchev–Trinajstić information content (AvgIpc) is 3.13. The van der Waals surface area contributed by atoms with Gasteiger partial charge in [0.05, 0.1) is 5.52 Å². The Morgan fingerprint density at radius 1 is 1.11 bits per heavy atom. The minimum atomic E-state index is -0.247. The highest BCUT2D eigenvalue weighted by Gasteiger charge is 2.23. The largest absolute Gasteiger partial charge is 0.323 e. The Morgan fingerprint density at radius 2 is 1.86 bits per heavy atom. The number of para-hydroxylation sites is 1. The van der Waals surface area contributed by atoms with Crippen LogP contribution in [0.4, 0.5) is 16.2 Å². The van der Waals surface area contributed by atoms with E-state index in [9.17, 15) is 4.79 Å². The summed E-state index contributed by atoms with van der Waals surface area (Å²) < 4.78 is 0. The SMILES string of the molecule is CCCN1CCC(c2[nH]nc3ccc(NC(=O)Nc4ccccc4)cc23)CC1. The van der Waals surface area contributed by atoms with Gasteiger partial charge in [0.15, 0.2) is 0 Å². The van der Waals surface area contributed by atoms with Crippen LogP contribution in [0.2, 0.25) is 0 Å². The first-order valence-electron chi connectivity index (χ1n) is 10.1. The quantitative estimate of drug-likeness (QED) is 0.598. The van der Waals surface area contributed by atoms with Crippen molar-refractivity contribution < 1.29 is 4.79 Å². The number of anilines is 2. The lowest BCUT2D eigenvalue weighted by Gasteiger charge is -2.31. The Kier molecular flexibility index (Phi) is 5.58. The van der Waals surface area contributed by atoms with Gasteiger partial charge in [-0.2, -0.15) is 5.10 Å². The molecule has 3 aromatic rings. The van der Waals surface area contributed by atoms with Crippen LogP contribution in [-0.4, -0.2) is 40.8 Å². The van der Waals surface area contributed by atoms with E-state index in [0.717, 1.165) is 48.2 Å². The van der Waals surface area contributed by atoms with Crippen LogP contribution < -0.4 is 10.6 Å². The fourth-order valence-electron chi connectivity index (χ4n) is 4.00. The van der Waals surface area contributed by atoms with Gasteiger partial charge < -0.3 is 15.5 Å². The number of likely N-dealkylation sites (tertiary alicyclic amines) is 1. The Hall–Kier alpha value is -2.86. The molecule has 0 atom stereocenters. The highest BCUT2D eigenvalue weighted by molar-refractivity contribution is 6.01. The van der Waals surface area contributed by atoms with Crippen LogP contribution in [0.15, 0.2) is 48.5 Å². The molecule has 2 amide bonds. The molecule has 2 aromatic carbocycles. The Balaban J connectivity index is 1.46. The molecule has 0 radical (unpaired) electrons. The van der Waals surface area contributed by atoms with Gasteiger partial charge >= 0.3 is 6.03 Å². The van der Waals surface area contributed by atoms with Gasteiger partial charge in [0.25, 0.3) is 0 Å². The first-order chi connectivity index (χ1) is 13.7. The van der Waals surface area contributed by atoms with Crippen molar-refractivity contribution in [1.82, 2.24) is 15.1 Å². The van der Waals surface area contributed by atoms with Crippen molar-refractivity contribution in [3.63, 3.8) is 0 Å². The monoisotopic (exact) mass is 377 g/mol. The second kappa shape index (κ2) is 8.44. The maximum absolute atomic E-state index is 12.3. The van der Waals surface area contributed by atoms with E-state index in [1.54, 1.807) is 0 Å². The smallest absolute Gasteiger partial charge is 0.308 e. The van der Waals surface area contributed by atoms with Crippen LogP contribution in [0.25, 0.3) is 10.9 Å². The number of nitrogens with one attached hydrogen (secondary N) is 3. The summed E-state index contributed by atoms with van der Waals surface area (Å²) >= 11 is 0. The summed E-state index contributed by atoms with van der Waals surface area (Å²) in [4.78, 5) is 14.8. The number of aromatic amines is 1. The summed E-state index contributed by atoms with van der Waals surface area (Å²) in [5.74, 6) is 0.492. The molecule has 1 aromatic heterocycles. The molecular formula is C22H27N5O. The molecule has 0 bridgehead atoms. The fourth-order valence-corrected chi connectivity index (χ4v) is 4.00. The van der Waals surface area contributed by atoms with Crippen molar-refractivity contribution >= 4 is 28.3 Å². The fraction of sp³-hybridized carbons (Fsp3) is 0.364. The lowest BCUT2D eigenvalue weighted by Crippen LogP contribution is -2.33. The maximum atomic E-state index is 12.3. The van der Waals surface area contributed by atoms with E-state index in [-0.39, 0.29) is 6.03 Å². The maximum Gasteiger partial charge on any atom is 0.323 e. The zero-order valence-corrected chi connectivity index (χ0v) is 16.2. The van der Waals surface area contributed by atoms with Crippen LogP contribution in [0.5, 0.6) is 0 Å². The van der Waals surface area contributed by atoms with Gasteiger partial charge in [-0.05, 0) is 69.2 Å². The lowest BCUT2D eigenvalue weighted by atomic mass is 9.91. The summed E-state index contributed by atoms with van der Waals surface area (Å²) in [6.07, 6.45) is 3.49. The number of nitrogens with zero attached hydrogens (tertiary/aromatic N) is 2. The molecule has 28 heavy (non-hydrogen) atoms. The molecule has 6 heteroatoms. The molecule has 3 N–H and O–H groups in total. The van der Waals surface area contributed by atoms with Crippen molar-refractivity contribution in [2.75, 3.05) is 30.3 Å². The van der Waals surface area contributed by atoms with Gasteiger partial charge in [-0.25, -0.2) is 4.79 Å². The molecule has 2 heterocycles. The summed E-state index contributed by atoms with van der Waals surface area (Å²) in [6.45, 7) is 5.69. The number of hydrogen-bond donors (Lipinski definition) is 3. The Bertz CT molecular complexity index is 929. The summed E-state index contributed by atoms with van der Waals surface area (Å²) in [6, 6.07) is 15.1. The predicted octanol–water partition coefficient (Wildman–Crippen LogP) is 4.80. The number of urea groups is 1. The topological polar surface area (TPSA) is 73.0 Å². The van der Waals surface area contributed by atoms with E-state index in [1.807, 2.05) is 48.5 Å². The third-order valence-electron chi connectivity index (χ3n) is 5.41. The van der Waals surface area contributed by atoms with Crippen LogP contribution in [0.3, 0.4) is 0 Å². The molecule has 1 aliphatic rings. The molecule has 0 aliphatic carbocycles. The van der Waals surface area contributed by atoms with E-state index in [4.69, 9.17) is 0 Å². The minimum absolute atomic E-state index is 0.247. The third kappa shape index (κ3) is 4.17. The number of amides is 2. The summed E-state index contributed by atoms with van der Waals surface area (Å²) in [5, 5.41) is 14.6. The van der Waals surface area contributed by atoms with E-state index >= 15 is 0 Å². The first kappa shape index (κ1) is 18.5. The second-order valence-corrected chi connectivity index (χ2v) is 7.43. The van der Waals surface area contributed by atoms with Crippen molar-refractivity contribution in [3.05, 3.63) is 54.2 Å². The molecule has 0 saturated carbocycles. The van der Waals surface area contributed by atoms with Crippen molar-refractivity contribution in [2.45, 2.75) is 32.1 Å². The normalized spacial score (nSPS) is 15.6. The third-order valence-corrected chi connectivity index (χ3v) is 5.41.